The van der Waals surface area contributed by atoms with Gasteiger partial charge in [-0.05, 0) is 18.2 Å². The Kier molecular flexibility index (Phi) is 6.04. The van der Waals surface area contributed by atoms with Gasteiger partial charge in [0, 0.05) is 17.4 Å². The van der Waals surface area contributed by atoms with E-state index in [9.17, 15) is 13.6 Å². The summed E-state index contributed by atoms with van der Waals surface area (Å²) in [7, 11) is 1.49. The van der Waals surface area contributed by atoms with Gasteiger partial charge in [-0.1, -0.05) is 22.0 Å². The first-order valence-electron chi connectivity index (χ1n) is 5.36. The van der Waals surface area contributed by atoms with Crippen molar-refractivity contribution in [3.8, 4) is 5.75 Å². The van der Waals surface area contributed by atoms with Crippen molar-refractivity contribution >= 4 is 21.8 Å². The zero-order valence-electron chi connectivity index (χ0n) is 9.91. The third-order valence-electron chi connectivity index (χ3n) is 2.32. The second-order valence-electron chi connectivity index (χ2n) is 3.56. The summed E-state index contributed by atoms with van der Waals surface area (Å²) in [6, 6.07) is 6.46. The third-order valence-corrected chi connectivity index (χ3v) is 2.67. The lowest BCUT2D eigenvalue weighted by Gasteiger charge is -2.21. The molecule has 0 aliphatic heterocycles. The van der Waals surface area contributed by atoms with Gasteiger partial charge in [0.25, 0.3) is 12.3 Å². The molecule has 1 aromatic rings. The highest BCUT2D eigenvalue weighted by molar-refractivity contribution is 9.09. The molecule has 0 saturated heterocycles. The highest BCUT2D eigenvalue weighted by Gasteiger charge is 2.19. The standard InChI is InChI=1S/C12H14BrF2NO2/c1-18-10-4-2-3-9(7-10)12(17)16(6-5-13)8-11(14)15/h2-4,7,11H,5-6,8H2,1H3. The number of hydrogen-bond acceptors (Lipinski definition) is 2. The number of methoxy groups -OCH3 is 1. The number of rotatable bonds is 6. The molecule has 0 aromatic heterocycles. The average Bonchev–Trinajstić information content (AvgIpc) is 2.37. The highest BCUT2D eigenvalue weighted by Crippen LogP contribution is 2.15. The van der Waals surface area contributed by atoms with Crippen molar-refractivity contribution in [2.75, 3.05) is 25.5 Å². The molecule has 0 saturated carbocycles. The molecule has 0 heterocycles. The largest absolute Gasteiger partial charge is 0.497 e. The minimum absolute atomic E-state index is 0.236. The molecule has 100 valence electrons. The number of alkyl halides is 3. The number of carbonyl (C=O) groups excluding carboxylic acids is 1. The summed E-state index contributed by atoms with van der Waals surface area (Å²) in [5, 5.41) is 0.454. The quantitative estimate of drug-likeness (QED) is 0.754. The van der Waals surface area contributed by atoms with Crippen LogP contribution in [0.15, 0.2) is 24.3 Å². The fraction of sp³-hybridized carbons (Fsp3) is 0.417. The Morgan fingerprint density at radius 1 is 1.50 bits per heavy atom. The van der Waals surface area contributed by atoms with E-state index in [1.807, 2.05) is 0 Å². The smallest absolute Gasteiger partial charge is 0.255 e. The normalized spacial score (nSPS) is 10.5. The summed E-state index contributed by atoms with van der Waals surface area (Å²) in [4.78, 5) is 13.2. The predicted molar refractivity (Wildman–Crippen MR) is 68.7 cm³/mol. The van der Waals surface area contributed by atoms with Gasteiger partial charge in [0.15, 0.2) is 0 Å². The van der Waals surface area contributed by atoms with Gasteiger partial charge in [0.05, 0.1) is 13.7 Å². The molecule has 0 atom stereocenters. The number of hydrogen-bond donors (Lipinski definition) is 0. The Hall–Kier alpha value is -1.17. The Morgan fingerprint density at radius 3 is 2.78 bits per heavy atom. The molecule has 0 aliphatic rings. The van der Waals surface area contributed by atoms with Crippen LogP contribution in [0.4, 0.5) is 8.78 Å². The molecule has 0 bridgehead atoms. The van der Waals surface area contributed by atoms with E-state index >= 15 is 0 Å². The molecule has 1 aromatic carbocycles. The Bertz CT molecular complexity index is 401. The summed E-state index contributed by atoms with van der Waals surface area (Å²) in [6.45, 7) is -0.331. The van der Waals surface area contributed by atoms with E-state index in [0.29, 0.717) is 16.6 Å². The molecular weight excluding hydrogens is 308 g/mol. The molecule has 18 heavy (non-hydrogen) atoms. The third kappa shape index (κ3) is 4.25. The van der Waals surface area contributed by atoms with Crippen LogP contribution in [0.25, 0.3) is 0 Å². The first-order chi connectivity index (χ1) is 8.58. The predicted octanol–water partition coefficient (Wildman–Crippen LogP) is 2.80. The second-order valence-corrected chi connectivity index (χ2v) is 4.36. The van der Waals surface area contributed by atoms with Crippen LogP contribution in [-0.2, 0) is 0 Å². The molecule has 1 rings (SSSR count). The van der Waals surface area contributed by atoms with Crippen molar-refractivity contribution in [3.63, 3.8) is 0 Å². The van der Waals surface area contributed by atoms with Crippen LogP contribution < -0.4 is 4.74 Å². The van der Waals surface area contributed by atoms with E-state index in [-0.39, 0.29) is 6.54 Å². The first kappa shape index (κ1) is 14.9. The summed E-state index contributed by atoms with van der Waals surface area (Å²) < 4.78 is 29.8. The van der Waals surface area contributed by atoms with Crippen molar-refractivity contribution in [2.45, 2.75) is 6.43 Å². The molecule has 3 nitrogen and oxygen atoms in total. The highest BCUT2D eigenvalue weighted by atomic mass is 79.9. The number of ether oxygens (including phenoxy) is 1. The average molecular weight is 322 g/mol. The van der Waals surface area contributed by atoms with E-state index < -0.39 is 18.9 Å². The molecule has 0 aliphatic carbocycles. The molecular formula is C12H14BrF2NO2. The van der Waals surface area contributed by atoms with Crippen LogP contribution in [-0.4, -0.2) is 42.8 Å². The van der Waals surface area contributed by atoms with Crippen LogP contribution in [0.3, 0.4) is 0 Å². The first-order valence-corrected chi connectivity index (χ1v) is 6.48. The fourth-order valence-corrected chi connectivity index (χ4v) is 1.91. The molecule has 0 spiro atoms. The Morgan fingerprint density at radius 2 is 2.22 bits per heavy atom. The van der Waals surface area contributed by atoms with Crippen LogP contribution in [0.5, 0.6) is 5.75 Å². The lowest BCUT2D eigenvalue weighted by molar-refractivity contribution is 0.0572. The van der Waals surface area contributed by atoms with E-state index in [2.05, 4.69) is 15.9 Å². The van der Waals surface area contributed by atoms with Crippen molar-refractivity contribution in [1.29, 1.82) is 0 Å². The number of carbonyl (C=O) groups is 1. The maximum Gasteiger partial charge on any atom is 0.255 e. The van der Waals surface area contributed by atoms with Crippen molar-refractivity contribution in [2.24, 2.45) is 0 Å². The van der Waals surface area contributed by atoms with Gasteiger partial charge in [-0.3, -0.25) is 4.79 Å². The lowest BCUT2D eigenvalue weighted by Crippen LogP contribution is -2.36. The van der Waals surface area contributed by atoms with Crippen LogP contribution >= 0.6 is 15.9 Å². The fourth-order valence-electron chi connectivity index (χ4n) is 1.48. The van der Waals surface area contributed by atoms with Crippen LogP contribution in [0.2, 0.25) is 0 Å². The SMILES string of the molecule is COc1cccc(C(=O)N(CCBr)CC(F)F)c1. The molecule has 0 fully saturated rings. The maximum absolute atomic E-state index is 12.4. The van der Waals surface area contributed by atoms with E-state index in [1.165, 1.54) is 13.2 Å². The molecule has 0 unspecified atom stereocenters. The number of nitrogens with zero attached hydrogens (tertiary/aromatic N) is 1. The molecule has 0 N–H and O–H groups in total. The second kappa shape index (κ2) is 7.31. The minimum Gasteiger partial charge on any atom is -0.497 e. The summed E-state index contributed by atoms with van der Waals surface area (Å²) >= 11 is 3.15. The zero-order chi connectivity index (χ0) is 13.5. The van der Waals surface area contributed by atoms with Gasteiger partial charge in [-0.15, -0.1) is 0 Å². The Balaban J connectivity index is 2.86. The van der Waals surface area contributed by atoms with Crippen LogP contribution in [0.1, 0.15) is 10.4 Å². The summed E-state index contributed by atoms with van der Waals surface area (Å²) in [5.74, 6) is 0.102. The lowest BCUT2D eigenvalue weighted by atomic mass is 10.2. The van der Waals surface area contributed by atoms with Gasteiger partial charge in [-0.25, -0.2) is 8.78 Å². The molecule has 0 radical (unpaired) electrons. The summed E-state index contributed by atoms with van der Waals surface area (Å²) in [5.41, 5.74) is 0.343. The van der Waals surface area contributed by atoms with Crippen molar-refractivity contribution < 1.29 is 18.3 Å². The van der Waals surface area contributed by atoms with Crippen LogP contribution in [0, 0.1) is 0 Å². The monoisotopic (exact) mass is 321 g/mol. The molecule has 1 amide bonds. The van der Waals surface area contributed by atoms with E-state index in [0.717, 1.165) is 4.90 Å². The van der Waals surface area contributed by atoms with Gasteiger partial charge in [0.1, 0.15) is 5.75 Å². The van der Waals surface area contributed by atoms with Gasteiger partial charge < -0.3 is 9.64 Å². The Labute approximate surface area is 113 Å². The van der Waals surface area contributed by atoms with E-state index in [1.54, 1.807) is 18.2 Å². The maximum atomic E-state index is 12.4. The molecule has 6 heteroatoms. The number of amides is 1. The topological polar surface area (TPSA) is 29.5 Å². The van der Waals surface area contributed by atoms with E-state index in [4.69, 9.17) is 4.74 Å². The van der Waals surface area contributed by atoms with Gasteiger partial charge in [0.2, 0.25) is 0 Å². The van der Waals surface area contributed by atoms with Crippen molar-refractivity contribution in [3.05, 3.63) is 29.8 Å². The van der Waals surface area contributed by atoms with Gasteiger partial charge >= 0.3 is 0 Å². The zero-order valence-corrected chi connectivity index (χ0v) is 11.5. The number of halogens is 3. The van der Waals surface area contributed by atoms with Gasteiger partial charge in [-0.2, -0.15) is 0 Å². The number of benzene rings is 1. The minimum atomic E-state index is -2.54. The van der Waals surface area contributed by atoms with Crippen molar-refractivity contribution in [1.82, 2.24) is 4.90 Å². The summed E-state index contributed by atoms with van der Waals surface area (Å²) in [6.07, 6.45) is -2.54.